The van der Waals surface area contributed by atoms with Crippen LogP contribution in [-0.4, -0.2) is 29.8 Å². The van der Waals surface area contributed by atoms with Crippen molar-refractivity contribution in [3.63, 3.8) is 0 Å². The van der Waals surface area contributed by atoms with Gasteiger partial charge in [0.15, 0.2) is 0 Å². The molecule has 1 heterocycles. The third-order valence-electron chi connectivity index (χ3n) is 3.98. The quantitative estimate of drug-likeness (QED) is 0.924. The second-order valence-electron chi connectivity index (χ2n) is 5.41. The number of carbonyl (C=O) groups is 2. The topological polar surface area (TPSA) is 49.4 Å². The summed E-state index contributed by atoms with van der Waals surface area (Å²) in [5.41, 5.74) is 2.50. The van der Waals surface area contributed by atoms with Crippen LogP contribution < -0.4 is 5.32 Å². The lowest BCUT2D eigenvalue weighted by Crippen LogP contribution is -2.52. The minimum atomic E-state index is -0.567. The summed E-state index contributed by atoms with van der Waals surface area (Å²) < 4.78 is 0. The van der Waals surface area contributed by atoms with Crippen molar-refractivity contribution in [2.24, 2.45) is 0 Å². The summed E-state index contributed by atoms with van der Waals surface area (Å²) in [6.07, 6.45) is 0. The molecule has 0 spiro atoms. The minimum Gasteiger partial charge on any atom is -0.352 e. The van der Waals surface area contributed by atoms with Crippen LogP contribution in [-0.2, 0) is 4.79 Å². The fraction of sp³-hybridized carbons (Fsp3) is 0.222. The van der Waals surface area contributed by atoms with Crippen molar-refractivity contribution in [2.75, 3.05) is 13.1 Å². The lowest BCUT2D eigenvalue weighted by molar-refractivity contribution is -0.128. The van der Waals surface area contributed by atoms with Crippen LogP contribution in [0, 0.1) is 6.92 Å². The van der Waals surface area contributed by atoms with Crippen molar-refractivity contribution in [3.05, 3.63) is 71.3 Å². The van der Waals surface area contributed by atoms with E-state index in [9.17, 15) is 9.59 Å². The van der Waals surface area contributed by atoms with Gasteiger partial charge in [0.05, 0.1) is 0 Å². The van der Waals surface area contributed by atoms with E-state index in [1.807, 2.05) is 49.4 Å². The van der Waals surface area contributed by atoms with Gasteiger partial charge in [0.1, 0.15) is 6.04 Å². The van der Waals surface area contributed by atoms with Gasteiger partial charge >= 0.3 is 0 Å². The van der Waals surface area contributed by atoms with Gasteiger partial charge in [-0.15, -0.1) is 0 Å². The molecule has 0 saturated carbocycles. The van der Waals surface area contributed by atoms with Crippen molar-refractivity contribution >= 4 is 11.8 Å². The zero-order chi connectivity index (χ0) is 15.5. The van der Waals surface area contributed by atoms with E-state index >= 15 is 0 Å². The maximum atomic E-state index is 12.8. The SMILES string of the molecule is Cc1ccccc1C1C(=O)NCCN1C(=O)c1ccccc1. The Morgan fingerprint density at radius 3 is 2.50 bits per heavy atom. The maximum Gasteiger partial charge on any atom is 0.254 e. The maximum absolute atomic E-state index is 12.8. The molecule has 0 aliphatic carbocycles. The fourth-order valence-corrected chi connectivity index (χ4v) is 2.83. The summed E-state index contributed by atoms with van der Waals surface area (Å²) in [6.45, 7) is 2.96. The molecule has 1 saturated heterocycles. The van der Waals surface area contributed by atoms with Crippen molar-refractivity contribution in [1.82, 2.24) is 10.2 Å². The Bertz CT molecular complexity index is 697. The lowest BCUT2D eigenvalue weighted by Gasteiger charge is -2.36. The highest BCUT2D eigenvalue weighted by atomic mass is 16.2. The van der Waals surface area contributed by atoms with Crippen LogP contribution >= 0.6 is 0 Å². The molecule has 1 fully saturated rings. The monoisotopic (exact) mass is 294 g/mol. The number of carbonyl (C=O) groups excluding carboxylic acids is 2. The molecule has 1 atom stereocenters. The number of benzene rings is 2. The van der Waals surface area contributed by atoms with Gasteiger partial charge in [0.25, 0.3) is 5.91 Å². The Morgan fingerprint density at radius 2 is 1.77 bits per heavy atom. The van der Waals surface area contributed by atoms with E-state index in [4.69, 9.17) is 0 Å². The first kappa shape index (κ1) is 14.3. The average Bonchev–Trinajstić information content (AvgIpc) is 2.56. The summed E-state index contributed by atoms with van der Waals surface area (Å²) >= 11 is 0. The molecule has 0 aromatic heterocycles. The van der Waals surface area contributed by atoms with E-state index in [0.717, 1.165) is 11.1 Å². The van der Waals surface area contributed by atoms with Crippen LogP contribution in [0.1, 0.15) is 27.5 Å². The second kappa shape index (κ2) is 6.02. The summed E-state index contributed by atoms with van der Waals surface area (Å²) in [5.74, 6) is -0.228. The standard InChI is InChI=1S/C18H18N2O2/c1-13-7-5-6-10-15(13)16-17(21)19-11-12-20(16)18(22)14-8-3-2-4-9-14/h2-10,16H,11-12H2,1H3,(H,19,21). The van der Waals surface area contributed by atoms with Crippen molar-refractivity contribution in [1.29, 1.82) is 0 Å². The molecule has 1 aliphatic rings. The van der Waals surface area contributed by atoms with E-state index < -0.39 is 6.04 Å². The number of amides is 2. The molecule has 0 radical (unpaired) electrons. The summed E-state index contributed by atoms with van der Waals surface area (Å²) in [5, 5.41) is 2.86. The lowest BCUT2D eigenvalue weighted by atomic mass is 9.97. The predicted molar refractivity (Wildman–Crippen MR) is 84.4 cm³/mol. The van der Waals surface area contributed by atoms with Gasteiger partial charge in [0, 0.05) is 18.7 Å². The van der Waals surface area contributed by atoms with Gasteiger partial charge in [-0.3, -0.25) is 9.59 Å². The second-order valence-corrected chi connectivity index (χ2v) is 5.41. The molecule has 3 rings (SSSR count). The Hall–Kier alpha value is -2.62. The molecule has 4 heteroatoms. The van der Waals surface area contributed by atoms with E-state index in [0.29, 0.717) is 18.7 Å². The molecule has 0 bridgehead atoms. The fourth-order valence-electron chi connectivity index (χ4n) is 2.83. The largest absolute Gasteiger partial charge is 0.352 e. The van der Waals surface area contributed by atoms with Crippen LogP contribution in [0.4, 0.5) is 0 Å². The van der Waals surface area contributed by atoms with E-state index in [-0.39, 0.29) is 11.8 Å². The normalized spacial score (nSPS) is 18.0. The average molecular weight is 294 g/mol. The predicted octanol–water partition coefficient (Wildman–Crippen LogP) is 2.31. The highest BCUT2D eigenvalue weighted by Crippen LogP contribution is 2.27. The van der Waals surface area contributed by atoms with E-state index in [2.05, 4.69) is 5.32 Å². The first-order chi connectivity index (χ1) is 10.7. The number of hydrogen-bond donors (Lipinski definition) is 1. The first-order valence-electron chi connectivity index (χ1n) is 7.38. The van der Waals surface area contributed by atoms with Crippen LogP contribution in [0.2, 0.25) is 0 Å². The van der Waals surface area contributed by atoms with Crippen molar-refractivity contribution in [2.45, 2.75) is 13.0 Å². The molecule has 1 aliphatic heterocycles. The highest BCUT2D eigenvalue weighted by molar-refractivity contribution is 5.98. The molecule has 22 heavy (non-hydrogen) atoms. The summed E-state index contributed by atoms with van der Waals surface area (Å²) in [4.78, 5) is 26.8. The Labute approximate surface area is 129 Å². The minimum absolute atomic E-state index is 0.108. The van der Waals surface area contributed by atoms with Crippen LogP contribution in [0.3, 0.4) is 0 Å². The highest BCUT2D eigenvalue weighted by Gasteiger charge is 2.35. The van der Waals surface area contributed by atoms with Gasteiger partial charge in [-0.2, -0.15) is 0 Å². The smallest absolute Gasteiger partial charge is 0.254 e. The Balaban J connectivity index is 1.99. The number of rotatable bonds is 2. The van der Waals surface area contributed by atoms with Gasteiger partial charge in [-0.1, -0.05) is 42.5 Å². The summed E-state index contributed by atoms with van der Waals surface area (Å²) in [6, 6.07) is 16.2. The number of aryl methyl sites for hydroxylation is 1. The first-order valence-corrected chi connectivity index (χ1v) is 7.38. The van der Waals surface area contributed by atoms with Crippen molar-refractivity contribution in [3.8, 4) is 0 Å². The van der Waals surface area contributed by atoms with E-state index in [1.165, 1.54) is 0 Å². The molecular weight excluding hydrogens is 276 g/mol. The summed E-state index contributed by atoms with van der Waals surface area (Å²) in [7, 11) is 0. The van der Waals surface area contributed by atoms with Crippen molar-refractivity contribution < 1.29 is 9.59 Å². The number of hydrogen-bond acceptors (Lipinski definition) is 2. The molecular formula is C18H18N2O2. The molecule has 2 aromatic rings. The van der Waals surface area contributed by atoms with Crippen LogP contribution in [0.5, 0.6) is 0 Å². The zero-order valence-electron chi connectivity index (χ0n) is 12.5. The van der Waals surface area contributed by atoms with Gasteiger partial charge in [0.2, 0.25) is 5.91 Å². The van der Waals surface area contributed by atoms with E-state index in [1.54, 1.807) is 17.0 Å². The molecule has 2 amide bonds. The third kappa shape index (κ3) is 2.60. The zero-order valence-corrected chi connectivity index (χ0v) is 12.5. The van der Waals surface area contributed by atoms with Crippen LogP contribution in [0.15, 0.2) is 54.6 Å². The van der Waals surface area contributed by atoms with Gasteiger partial charge in [-0.25, -0.2) is 0 Å². The molecule has 1 unspecified atom stereocenters. The van der Waals surface area contributed by atoms with Crippen LogP contribution in [0.25, 0.3) is 0 Å². The molecule has 112 valence electrons. The molecule has 2 aromatic carbocycles. The number of nitrogens with zero attached hydrogens (tertiary/aromatic N) is 1. The Kier molecular flexibility index (Phi) is 3.92. The third-order valence-corrected chi connectivity index (χ3v) is 3.98. The molecule has 1 N–H and O–H groups in total. The van der Waals surface area contributed by atoms with Gasteiger partial charge < -0.3 is 10.2 Å². The van der Waals surface area contributed by atoms with Gasteiger partial charge in [-0.05, 0) is 30.2 Å². The number of piperazine rings is 1. The molecule has 4 nitrogen and oxygen atoms in total. The Morgan fingerprint density at radius 1 is 1.09 bits per heavy atom. The number of nitrogens with one attached hydrogen (secondary N) is 1.